The highest BCUT2D eigenvalue weighted by Gasteiger charge is 2.69. The third kappa shape index (κ3) is 3.54. The van der Waals surface area contributed by atoms with Crippen molar-refractivity contribution < 1.29 is 41.4 Å². The van der Waals surface area contributed by atoms with E-state index in [1.807, 2.05) is 0 Å². The molecule has 0 spiro atoms. The molecule has 11 heteroatoms. The van der Waals surface area contributed by atoms with Crippen LogP contribution in [0.25, 0.3) is 0 Å². The zero-order valence-corrected chi connectivity index (χ0v) is 13.3. The van der Waals surface area contributed by atoms with E-state index in [1.165, 1.54) is 5.32 Å². The summed E-state index contributed by atoms with van der Waals surface area (Å²) in [5.74, 6) is -5.71. The number of halogens is 5. The van der Waals surface area contributed by atoms with Crippen LogP contribution in [-0.4, -0.2) is 59.0 Å². The molecule has 0 bridgehead atoms. The molecule has 1 aliphatic heterocycles. The molecule has 142 valence electrons. The van der Waals surface area contributed by atoms with Crippen molar-refractivity contribution in [2.45, 2.75) is 45.0 Å². The number of rotatable bonds is 5. The minimum atomic E-state index is -5.35. The summed E-state index contributed by atoms with van der Waals surface area (Å²) in [6, 6.07) is -3.45. The molecule has 25 heavy (non-hydrogen) atoms. The van der Waals surface area contributed by atoms with E-state index in [0.717, 1.165) is 4.90 Å². The van der Waals surface area contributed by atoms with E-state index in [9.17, 15) is 41.4 Å². The van der Waals surface area contributed by atoms with Gasteiger partial charge in [0.05, 0.1) is 0 Å². The maximum absolute atomic E-state index is 12.6. The first-order valence-corrected chi connectivity index (χ1v) is 7.47. The van der Waals surface area contributed by atoms with Gasteiger partial charge in [-0.3, -0.25) is 9.59 Å². The Morgan fingerprint density at radius 3 is 2.28 bits per heavy atom. The number of likely N-dealkylation sites (tertiary alicyclic amines) is 1. The summed E-state index contributed by atoms with van der Waals surface area (Å²) in [5, 5.41) is 10.6. The predicted molar refractivity (Wildman–Crippen MR) is 72.5 cm³/mol. The predicted octanol–water partition coefficient (Wildman–Crippen LogP) is 1.26. The van der Waals surface area contributed by atoms with Crippen LogP contribution in [-0.2, 0) is 14.4 Å². The van der Waals surface area contributed by atoms with Crippen molar-refractivity contribution in [1.82, 2.24) is 10.2 Å². The highest BCUT2D eigenvalue weighted by molar-refractivity contribution is 5.92. The number of carboxylic acids is 1. The number of aliphatic carboxylic acids is 1. The van der Waals surface area contributed by atoms with Crippen LogP contribution >= 0.6 is 0 Å². The summed E-state index contributed by atoms with van der Waals surface area (Å²) in [4.78, 5) is 35.6. The number of piperidine rings is 1. The maximum atomic E-state index is 12.6. The van der Waals surface area contributed by atoms with Crippen molar-refractivity contribution in [3.05, 3.63) is 0 Å². The lowest BCUT2D eigenvalue weighted by Gasteiger charge is -2.31. The average Bonchev–Trinajstić information content (AvgIpc) is 2.84. The van der Waals surface area contributed by atoms with Gasteiger partial charge in [-0.05, 0) is 11.3 Å². The van der Waals surface area contributed by atoms with Crippen LogP contribution in [0.5, 0.6) is 0 Å². The van der Waals surface area contributed by atoms with Crippen molar-refractivity contribution in [2.75, 3.05) is 6.54 Å². The first-order chi connectivity index (χ1) is 11.3. The van der Waals surface area contributed by atoms with Gasteiger partial charge in [-0.2, -0.15) is 13.2 Å². The lowest BCUT2D eigenvalue weighted by molar-refractivity contribution is -0.175. The lowest BCUT2D eigenvalue weighted by atomic mass is 10.00. The Kier molecular flexibility index (Phi) is 4.73. The zero-order chi connectivity index (χ0) is 19.3. The Labute approximate surface area is 139 Å². The second kappa shape index (κ2) is 6.10. The SMILES string of the molecule is CC1(C)[C@@H]2[C@@H](C(=O)O)N(C(=O)C(CC(F)F)NC(=O)C(F)(F)F)C[C@@H]21. The van der Waals surface area contributed by atoms with E-state index in [0.29, 0.717) is 0 Å². The summed E-state index contributed by atoms with van der Waals surface area (Å²) >= 11 is 0. The number of amides is 2. The molecule has 2 rings (SSSR count). The Morgan fingerprint density at radius 2 is 1.84 bits per heavy atom. The number of alkyl halides is 5. The number of fused-ring (bicyclic) bond motifs is 1. The van der Waals surface area contributed by atoms with Crippen LogP contribution in [0.4, 0.5) is 22.0 Å². The Hall–Kier alpha value is -1.94. The minimum absolute atomic E-state index is 0.0604. The first kappa shape index (κ1) is 19.4. The maximum Gasteiger partial charge on any atom is 0.471 e. The fraction of sp³-hybridized carbons (Fsp3) is 0.786. The molecule has 0 aromatic heterocycles. The molecule has 0 aromatic rings. The summed E-state index contributed by atoms with van der Waals surface area (Å²) in [6.07, 6.45) is -9.83. The molecule has 0 radical (unpaired) electrons. The molecule has 0 aromatic carbocycles. The molecule has 1 aliphatic carbocycles. The Balaban J connectivity index is 2.19. The van der Waals surface area contributed by atoms with E-state index < -0.39 is 54.8 Å². The van der Waals surface area contributed by atoms with E-state index in [1.54, 1.807) is 13.8 Å². The summed E-state index contributed by atoms with van der Waals surface area (Å²) in [6.45, 7) is 3.53. The highest BCUT2D eigenvalue weighted by Crippen LogP contribution is 2.64. The third-order valence-electron chi connectivity index (χ3n) is 5.02. The number of carboxylic acid groups (broad SMARTS) is 1. The van der Waals surface area contributed by atoms with Gasteiger partial charge >= 0.3 is 18.1 Å². The zero-order valence-electron chi connectivity index (χ0n) is 13.3. The van der Waals surface area contributed by atoms with Gasteiger partial charge in [0.1, 0.15) is 12.1 Å². The summed E-state index contributed by atoms with van der Waals surface area (Å²) in [7, 11) is 0. The lowest BCUT2D eigenvalue weighted by Crippen LogP contribution is -2.56. The van der Waals surface area contributed by atoms with Crippen molar-refractivity contribution in [2.24, 2.45) is 17.3 Å². The fourth-order valence-electron chi connectivity index (χ4n) is 3.64. The van der Waals surface area contributed by atoms with Crippen LogP contribution < -0.4 is 5.32 Å². The van der Waals surface area contributed by atoms with Gasteiger partial charge in [0.25, 0.3) is 0 Å². The van der Waals surface area contributed by atoms with Gasteiger partial charge < -0.3 is 15.3 Å². The van der Waals surface area contributed by atoms with E-state index in [-0.39, 0.29) is 17.9 Å². The second-order valence-corrected chi connectivity index (χ2v) is 6.88. The Bertz CT molecular complexity index is 592. The largest absolute Gasteiger partial charge is 0.480 e. The van der Waals surface area contributed by atoms with Crippen LogP contribution in [0.2, 0.25) is 0 Å². The monoisotopic (exact) mass is 372 g/mol. The fourth-order valence-corrected chi connectivity index (χ4v) is 3.64. The quantitative estimate of drug-likeness (QED) is 0.712. The molecule has 4 atom stereocenters. The molecule has 1 saturated carbocycles. The van der Waals surface area contributed by atoms with E-state index >= 15 is 0 Å². The molecule has 1 heterocycles. The van der Waals surface area contributed by atoms with Crippen LogP contribution in [0.15, 0.2) is 0 Å². The smallest absolute Gasteiger partial charge is 0.471 e. The molecule has 1 unspecified atom stereocenters. The molecule has 1 saturated heterocycles. The summed E-state index contributed by atoms with van der Waals surface area (Å²) < 4.78 is 62.3. The van der Waals surface area contributed by atoms with Gasteiger partial charge in [0.2, 0.25) is 12.3 Å². The first-order valence-electron chi connectivity index (χ1n) is 7.47. The van der Waals surface area contributed by atoms with Gasteiger partial charge in [-0.25, -0.2) is 13.6 Å². The Morgan fingerprint density at radius 1 is 1.28 bits per heavy atom. The minimum Gasteiger partial charge on any atom is -0.480 e. The van der Waals surface area contributed by atoms with Crippen LogP contribution in [0.3, 0.4) is 0 Å². The highest BCUT2D eigenvalue weighted by atomic mass is 19.4. The van der Waals surface area contributed by atoms with Gasteiger partial charge in [-0.15, -0.1) is 0 Å². The van der Waals surface area contributed by atoms with Crippen molar-refractivity contribution in [3.8, 4) is 0 Å². The van der Waals surface area contributed by atoms with Crippen molar-refractivity contribution in [1.29, 1.82) is 0 Å². The van der Waals surface area contributed by atoms with E-state index in [4.69, 9.17) is 0 Å². The number of hydrogen-bond donors (Lipinski definition) is 2. The van der Waals surface area contributed by atoms with Gasteiger partial charge in [0.15, 0.2) is 0 Å². The van der Waals surface area contributed by atoms with Gasteiger partial charge in [0, 0.05) is 18.9 Å². The number of hydrogen-bond acceptors (Lipinski definition) is 3. The number of nitrogens with one attached hydrogen (secondary N) is 1. The molecular weight excluding hydrogens is 355 g/mol. The molecule has 6 nitrogen and oxygen atoms in total. The third-order valence-corrected chi connectivity index (χ3v) is 5.02. The molecular formula is C14H17F5N2O4. The average molecular weight is 372 g/mol. The molecule has 2 aliphatic rings. The number of carbonyl (C=O) groups is 3. The van der Waals surface area contributed by atoms with Crippen LogP contribution in [0, 0.1) is 17.3 Å². The molecule has 2 N–H and O–H groups in total. The number of carbonyl (C=O) groups excluding carboxylic acids is 2. The number of nitrogens with zero attached hydrogens (tertiary/aromatic N) is 1. The topological polar surface area (TPSA) is 86.7 Å². The second-order valence-electron chi connectivity index (χ2n) is 6.88. The summed E-state index contributed by atoms with van der Waals surface area (Å²) in [5.41, 5.74) is -0.354. The normalized spacial score (nSPS) is 28.5. The molecule has 2 fully saturated rings. The van der Waals surface area contributed by atoms with E-state index in [2.05, 4.69) is 0 Å². The van der Waals surface area contributed by atoms with Gasteiger partial charge in [-0.1, -0.05) is 13.8 Å². The van der Waals surface area contributed by atoms with Crippen molar-refractivity contribution >= 4 is 17.8 Å². The molecule has 2 amide bonds. The standard InChI is InChI=1S/C14H17F5N2O4/c1-13(2)5-4-21(9(8(5)13)11(23)24)10(22)6(3-7(15)16)20-12(25)14(17,18)19/h5-9H,3-4H2,1-2H3,(H,20,25)(H,23,24)/t5-,6?,8-,9-/m0/s1. The van der Waals surface area contributed by atoms with Crippen molar-refractivity contribution in [3.63, 3.8) is 0 Å². The van der Waals surface area contributed by atoms with Crippen LogP contribution in [0.1, 0.15) is 20.3 Å².